The SMILES string of the molecule is FC1=NC(F)(F)C(F)(F)C(Cl)=C1Cl. The van der Waals surface area contributed by atoms with Crippen LogP contribution in [-0.4, -0.2) is 17.9 Å². The molecule has 0 N–H and O–H groups in total. The highest BCUT2D eigenvalue weighted by molar-refractivity contribution is 6.48. The molecule has 1 heterocycles. The standard InChI is InChI=1S/C5Cl2F5N/c6-1-2(7)4(9,10)5(11,12)13-3(1)8. The van der Waals surface area contributed by atoms with Gasteiger partial charge in [0.05, 0.1) is 0 Å². The summed E-state index contributed by atoms with van der Waals surface area (Å²) in [4.78, 5) is 1.79. The van der Waals surface area contributed by atoms with E-state index in [0.717, 1.165) is 0 Å². The number of aliphatic imine (C=N–C) groups is 1. The van der Waals surface area contributed by atoms with Crippen LogP contribution in [0.3, 0.4) is 0 Å². The summed E-state index contributed by atoms with van der Waals surface area (Å²) in [5.74, 6) is -6.66. The zero-order valence-corrected chi connectivity index (χ0v) is 7.10. The van der Waals surface area contributed by atoms with Gasteiger partial charge >= 0.3 is 12.0 Å². The fourth-order valence-corrected chi connectivity index (χ4v) is 0.956. The van der Waals surface area contributed by atoms with Crippen molar-refractivity contribution in [3.05, 3.63) is 10.1 Å². The van der Waals surface area contributed by atoms with Crippen molar-refractivity contribution in [1.82, 2.24) is 0 Å². The van der Waals surface area contributed by atoms with Crippen LogP contribution in [0.1, 0.15) is 0 Å². The van der Waals surface area contributed by atoms with Crippen molar-refractivity contribution < 1.29 is 22.0 Å². The Morgan fingerprint density at radius 2 is 1.54 bits per heavy atom. The molecule has 0 spiro atoms. The minimum absolute atomic E-state index is 1.29. The number of hydrogen-bond acceptors (Lipinski definition) is 1. The van der Waals surface area contributed by atoms with E-state index >= 15 is 0 Å². The van der Waals surface area contributed by atoms with Crippen molar-refractivity contribution in [2.75, 3.05) is 0 Å². The summed E-state index contributed by atoms with van der Waals surface area (Å²) in [5.41, 5.74) is 0. The van der Waals surface area contributed by atoms with Gasteiger partial charge in [-0.2, -0.15) is 26.9 Å². The molecule has 0 bridgehead atoms. The van der Waals surface area contributed by atoms with Crippen LogP contribution in [0.25, 0.3) is 0 Å². The lowest BCUT2D eigenvalue weighted by Gasteiger charge is -2.25. The summed E-state index contributed by atoms with van der Waals surface area (Å²) in [5, 5.41) is -3.04. The van der Waals surface area contributed by atoms with E-state index in [9.17, 15) is 22.0 Å². The Bertz CT molecular complexity index is 308. The summed E-state index contributed by atoms with van der Waals surface area (Å²) in [6.07, 6.45) is 0. The highest BCUT2D eigenvalue weighted by Crippen LogP contribution is 2.47. The minimum atomic E-state index is -4.90. The molecule has 13 heavy (non-hydrogen) atoms. The topological polar surface area (TPSA) is 12.4 Å². The maximum Gasteiger partial charge on any atom is 0.412 e. The van der Waals surface area contributed by atoms with E-state index in [4.69, 9.17) is 23.2 Å². The first-order valence-corrected chi connectivity index (χ1v) is 3.53. The molecule has 1 aliphatic heterocycles. The van der Waals surface area contributed by atoms with E-state index in [-0.39, 0.29) is 0 Å². The van der Waals surface area contributed by atoms with Crippen LogP contribution in [0.2, 0.25) is 0 Å². The fraction of sp³-hybridized carbons (Fsp3) is 0.400. The average Bonchev–Trinajstić information content (AvgIpc) is 1.98. The molecule has 0 saturated carbocycles. The van der Waals surface area contributed by atoms with Crippen LogP contribution < -0.4 is 0 Å². The molecule has 0 fully saturated rings. The number of allylic oxidation sites excluding steroid dienone is 1. The number of alkyl halides is 4. The van der Waals surface area contributed by atoms with Gasteiger partial charge in [-0.05, 0) is 0 Å². The summed E-state index contributed by atoms with van der Waals surface area (Å²) in [6, 6.07) is -4.90. The Kier molecular flexibility index (Phi) is 2.32. The normalized spacial score (nSPS) is 25.9. The van der Waals surface area contributed by atoms with Gasteiger partial charge in [0.25, 0.3) is 0 Å². The monoisotopic (exact) mass is 239 g/mol. The van der Waals surface area contributed by atoms with Crippen molar-refractivity contribution in [1.29, 1.82) is 0 Å². The second-order valence-corrected chi connectivity index (χ2v) is 2.90. The van der Waals surface area contributed by atoms with Crippen molar-refractivity contribution in [2.45, 2.75) is 12.0 Å². The quantitative estimate of drug-likeness (QED) is 0.455. The van der Waals surface area contributed by atoms with E-state index in [1.54, 1.807) is 4.99 Å². The number of rotatable bonds is 0. The molecule has 0 unspecified atom stereocenters. The van der Waals surface area contributed by atoms with Crippen molar-refractivity contribution in [3.63, 3.8) is 0 Å². The third-order valence-corrected chi connectivity index (χ3v) is 2.13. The van der Waals surface area contributed by atoms with E-state index < -0.39 is 28.0 Å². The van der Waals surface area contributed by atoms with Crippen molar-refractivity contribution in [2.24, 2.45) is 4.99 Å². The molecule has 0 radical (unpaired) electrons. The minimum Gasteiger partial charge on any atom is -0.191 e. The van der Waals surface area contributed by atoms with E-state index in [2.05, 4.69) is 0 Å². The maximum absolute atomic E-state index is 12.5. The first-order chi connectivity index (χ1) is 5.70. The summed E-state index contributed by atoms with van der Waals surface area (Å²) < 4.78 is 61.9. The van der Waals surface area contributed by atoms with E-state index in [0.29, 0.717) is 0 Å². The average molecular weight is 240 g/mol. The lowest BCUT2D eigenvalue weighted by Crippen LogP contribution is -2.42. The molecule has 0 aromatic heterocycles. The summed E-state index contributed by atoms with van der Waals surface area (Å²) in [7, 11) is 0. The number of halogens is 7. The molecule has 0 amide bonds. The van der Waals surface area contributed by atoms with Crippen LogP contribution in [0, 0.1) is 0 Å². The molecule has 0 atom stereocenters. The van der Waals surface area contributed by atoms with Gasteiger partial charge in [-0.15, -0.1) is 0 Å². The van der Waals surface area contributed by atoms with Crippen LogP contribution in [0.15, 0.2) is 15.1 Å². The molecule has 8 heteroatoms. The fourth-order valence-electron chi connectivity index (χ4n) is 0.603. The molecular formula is C5Cl2F5N. The Morgan fingerprint density at radius 1 is 1.08 bits per heavy atom. The summed E-state index contributed by atoms with van der Waals surface area (Å²) in [6.45, 7) is 0. The Balaban J connectivity index is 3.32. The second-order valence-electron chi connectivity index (χ2n) is 2.15. The van der Waals surface area contributed by atoms with Gasteiger partial charge in [-0.1, -0.05) is 23.2 Å². The van der Waals surface area contributed by atoms with Gasteiger partial charge in [-0.25, -0.2) is 0 Å². The van der Waals surface area contributed by atoms with Crippen molar-refractivity contribution in [3.8, 4) is 0 Å². The lowest BCUT2D eigenvalue weighted by molar-refractivity contribution is -0.177. The van der Waals surface area contributed by atoms with E-state index in [1.807, 2.05) is 0 Å². The molecule has 1 aliphatic rings. The molecule has 0 aliphatic carbocycles. The summed E-state index contributed by atoms with van der Waals surface area (Å²) >= 11 is 9.59. The number of nitrogens with zero attached hydrogens (tertiary/aromatic N) is 1. The predicted molar refractivity (Wildman–Crippen MR) is 37.2 cm³/mol. The van der Waals surface area contributed by atoms with Crippen LogP contribution in [0.5, 0.6) is 0 Å². The van der Waals surface area contributed by atoms with Gasteiger partial charge in [0.2, 0.25) is 5.97 Å². The highest BCUT2D eigenvalue weighted by Gasteiger charge is 2.62. The molecule has 0 aromatic rings. The van der Waals surface area contributed by atoms with Gasteiger partial charge in [0.15, 0.2) is 0 Å². The van der Waals surface area contributed by atoms with Gasteiger partial charge in [-0.3, -0.25) is 0 Å². The first-order valence-electron chi connectivity index (χ1n) is 2.77. The van der Waals surface area contributed by atoms with Crippen molar-refractivity contribution >= 4 is 29.2 Å². The molecule has 0 saturated heterocycles. The predicted octanol–water partition coefficient (Wildman–Crippen LogP) is 3.29. The lowest BCUT2D eigenvalue weighted by atomic mass is 10.2. The smallest absolute Gasteiger partial charge is 0.191 e. The Morgan fingerprint density at radius 3 is 2.00 bits per heavy atom. The zero-order valence-electron chi connectivity index (χ0n) is 5.59. The zero-order chi connectivity index (χ0) is 10.4. The number of hydrogen-bond donors (Lipinski definition) is 0. The third kappa shape index (κ3) is 1.42. The number of dihydropyridines is 1. The van der Waals surface area contributed by atoms with Gasteiger partial charge < -0.3 is 0 Å². The van der Waals surface area contributed by atoms with Gasteiger partial charge in [0.1, 0.15) is 10.1 Å². The van der Waals surface area contributed by atoms with E-state index in [1.165, 1.54) is 0 Å². The Labute approximate surface area is 78.8 Å². The van der Waals surface area contributed by atoms with Crippen LogP contribution in [0.4, 0.5) is 22.0 Å². The second kappa shape index (κ2) is 2.81. The highest BCUT2D eigenvalue weighted by atomic mass is 35.5. The third-order valence-electron chi connectivity index (χ3n) is 1.27. The molecule has 0 aromatic carbocycles. The van der Waals surface area contributed by atoms with Crippen LogP contribution >= 0.6 is 23.2 Å². The molecule has 74 valence electrons. The molecule has 1 rings (SSSR count). The molecular weight excluding hydrogens is 240 g/mol. The molecule has 1 nitrogen and oxygen atoms in total. The largest absolute Gasteiger partial charge is 0.412 e. The first kappa shape index (κ1) is 10.7. The van der Waals surface area contributed by atoms with Crippen LogP contribution in [-0.2, 0) is 0 Å². The van der Waals surface area contributed by atoms with Gasteiger partial charge in [0, 0.05) is 0 Å². The maximum atomic E-state index is 12.5. The Hall–Kier alpha value is -0.360.